The Morgan fingerprint density at radius 3 is 3.07 bits per heavy atom. The highest BCUT2D eigenvalue weighted by molar-refractivity contribution is 5.74. The van der Waals surface area contributed by atoms with E-state index in [-0.39, 0.29) is 25.0 Å². The van der Waals surface area contributed by atoms with Gasteiger partial charge in [-0.3, -0.25) is 0 Å². The van der Waals surface area contributed by atoms with Crippen molar-refractivity contribution in [2.75, 3.05) is 20.3 Å². The highest BCUT2D eigenvalue weighted by Crippen LogP contribution is 2.24. The van der Waals surface area contributed by atoms with E-state index in [0.717, 1.165) is 5.56 Å². The fourth-order valence-electron chi connectivity index (χ4n) is 2.82. The van der Waals surface area contributed by atoms with Crippen molar-refractivity contribution in [1.82, 2.24) is 30.0 Å². The minimum absolute atomic E-state index is 0.147. The first-order valence-electron chi connectivity index (χ1n) is 8.33. The van der Waals surface area contributed by atoms with Crippen LogP contribution in [0.1, 0.15) is 11.4 Å². The van der Waals surface area contributed by atoms with Crippen LogP contribution in [0.4, 0.5) is 9.18 Å². The summed E-state index contributed by atoms with van der Waals surface area (Å²) in [5, 5.41) is 15.1. The number of fused-ring (bicyclic) bond motifs is 2. The summed E-state index contributed by atoms with van der Waals surface area (Å²) in [5.41, 5.74) is 1.31. The van der Waals surface area contributed by atoms with Crippen LogP contribution in [0, 0.1) is 5.82 Å². The van der Waals surface area contributed by atoms with E-state index in [4.69, 9.17) is 9.47 Å². The third-order valence-corrected chi connectivity index (χ3v) is 4.21. The zero-order chi connectivity index (χ0) is 18.8. The second kappa shape index (κ2) is 7.06. The molecule has 1 aliphatic rings. The Morgan fingerprint density at radius 1 is 1.33 bits per heavy atom. The minimum Gasteiger partial charge on any atom is -0.491 e. The molecule has 0 bridgehead atoms. The zero-order valence-corrected chi connectivity index (χ0v) is 14.6. The summed E-state index contributed by atoms with van der Waals surface area (Å²) in [6, 6.07) is 7.44. The number of hydrogen-bond acceptors (Lipinski definition) is 6. The average Bonchev–Trinajstić information content (AvgIpc) is 2.96. The van der Waals surface area contributed by atoms with Gasteiger partial charge in [0.25, 0.3) is 0 Å². The van der Waals surface area contributed by atoms with E-state index in [1.165, 1.54) is 23.8 Å². The summed E-state index contributed by atoms with van der Waals surface area (Å²) >= 11 is 0. The molecule has 9 nitrogen and oxygen atoms in total. The number of hydrogen-bond donors (Lipinski definition) is 1. The van der Waals surface area contributed by atoms with Crippen LogP contribution >= 0.6 is 0 Å². The van der Waals surface area contributed by atoms with E-state index in [2.05, 4.69) is 20.6 Å². The number of aromatic nitrogens is 4. The lowest BCUT2D eigenvalue weighted by atomic mass is 10.2. The minimum atomic E-state index is -0.367. The second-order valence-corrected chi connectivity index (χ2v) is 5.94. The Balaban J connectivity index is 1.46. The Bertz CT molecular complexity index is 992. The Morgan fingerprint density at radius 2 is 2.22 bits per heavy atom. The summed E-state index contributed by atoms with van der Waals surface area (Å²) in [6.45, 7) is 1.15. The van der Waals surface area contributed by atoms with Gasteiger partial charge in [0.15, 0.2) is 11.5 Å². The Labute approximate surface area is 153 Å². The maximum atomic E-state index is 13.3. The molecule has 1 aliphatic heterocycles. The molecule has 10 heteroatoms. The molecule has 0 atom stereocenters. The number of rotatable bonds is 3. The van der Waals surface area contributed by atoms with Crippen molar-refractivity contribution in [3.63, 3.8) is 0 Å². The smallest absolute Gasteiger partial charge is 0.318 e. The van der Waals surface area contributed by atoms with Crippen LogP contribution in [0.5, 0.6) is 11.6 Å². The molecule has 4 rings (SSSR count). The molecule has 3 aromatic rings. The second-order valence-electron chi connectivity index (χ2n) is 5.94. The molecule has 2 aromatic heterocycles. The Hall–Kier alpha value is -3.43. The number of methoxy groups -OCH3 is 1. The summed E-state index contributed by atoms with van der Waals surface area (Å²) < 4.78 is 25.5. The number of nitrogens with one attached hydrogen (secondary N) is 1. The highest BCUT2D eigenvalue weighted by atomic mass is 19.1. The molecule has 1 aromatic carbocycles. The number of urea groups is 1. The van der Waals surface area contributed by atoms with Crippen LogP contribution in [0.3, 0.4) is 0 Å². The summed E-state index contributed by atoms with van der Waals surface area (Å²) in [4.78, 5) is 14.2. The lowest BCUT2D eigenvalue weighted by Crippen LogP contribution is -2.40. The van der Waals surface area contributed by atoms with Gasteiger partial charge in [0.1, 0.15) is 18.2 Å². The number of halogens is 1. The normalized spacial score (nSPS) is 13.6. The number of ether oxygens (including phenoxy) is 2. The fraction of sp³-hybridized carbons (Fsp3) is 0.294. The average molecular weight is 372 g/mol. The maximum absolute atomic E-state index is 13.3. The standard InChI is InChI=1S/C17H17FN6O3/c1-26-16-5-4-14-20-21-15(24(14)22-16)9-19-17(25)23-6-7-27-13-8-12(18)3-2-11(13)10-23/h2-5,8H,6-7,9-10H2,1H3,(H,19,25). The maximum Gasteiger partial charge on any atom is 0.318 e. The first-order chi connectivity index (χ1) is 13.1. The van der Waals surface area contributed by atoms with Crippen LogP contribution in [-0.4, -0.2) is 51.0 Å². The van der Waals surface area contributed by atoms with E-state index in [0.29, 0.717) is 36.2 Å². The lowest BCUT2D eigenvalue weighted by Gasteiger charge is -2.20. The number of carbonyl (C=O) groups excluding carboxylic acids is 1. The molecule has 0 saturated heterocycles. The van der Waals surface area contributed by atoms with Crippen LogP contribution in [0.15, 0.2) is 30.3 Å². The third kappa shape index (κ3) is 3.46. The van der Waals surface area contributed by atoms with Gasteiger partial charge in [-0.2, -0.15) is 4.52 Å². The first-order valence-corrected chi connectivity index (χ1v) is 8.33. The van der Waals surface area contributed by atoms with Crippen LogP contribution in [-0.2, 0) is 13.1 Å². The number of carbonyl (C=O) groups is 1. The van der Waals surface area contributed by atoms with Gasteiger partial charge >= 0.3 is 6.03 Å². The summed E-state index contributed by atoms with van der Waals surface area (Å²) in [6.07, 6.45) is 0. The Kier molecular flexibility index (Phi) is 4.45. The zero-order valence-electron chi connectivity index (χ0n) is 14.6. The van der Waals surface area contributed by atoms with Crippen LogP contribution in [0.2, 0.25) is 0 Å². The van der Waals surface area contributed by atoms with E-state index < -0.39 is 0 Å². The SMILES string of the molecule is COc1ccc2nnc(CNC(=O)N3CCOc4cc(F)ccc4C3)n2n1. The van der Waals surface area contributed by atoms with Crippen LogP contribution in [0.25, 0.3) is 5.65 Å². The predicted molar refractivity (Wildman–Crippen MR) is 91.9 cm³/mol. The molecule has 0 spiro atoms. The highest BCUT2D eigenvalue weighted by Gasteiger charge is 2.20. The van der Waals surface area contributed by atoms with Gasteiger partial charge in [0, 0.05) is 17.7 Å². The fourth-order valence-corrected chi connectivity index (χ4v) is 2.82. The largest absolute Gasteiger partial charge is 0.491 e. The summed E-state index contributed by atoms with van der Waals surface area (Å²) in [7, 11) is 1.52. The molecular formula is C17H17FN6O3. The van der Waals surface area contributed by atoms with Gasteiger partial charge in [-0.1, -0.05) is 6.07 Å². The molecule has 0 fully saturated rings. The van der Waals surface area contributed by atoms with Crippen molar-refractivity contribution in [3.05, 3.63) is 47.5 Å². The van der Waals surface area contributed by atoms with E-state index in [1.54, 1.807) is 23.1 Å². The topological polar surface area (TPSA) is 93.9 Å². The van der Waals surface area contributed by atoms with Crippen molar-refractivity contribution in [2.45, 2.75) is 13.1 Å². The van der Waals surface area contributed by atoms with Gasteiger partial charge in [0.2, 0.25) is 5.88 Å². The molecule has 2 amide bonds. The van der Waals surface area contributed by atoms with Crippen molar-refractivity contribution in [3.8, 4) is 11.6 Å². The molecule has 0 radical (unpaired) electrons. The molecular weight excluding hydrogens is 355 g/mol. The van der Waals surface area contributed by atoms with Gasteiger partial charge in [-0.05, 0) is 12.1 Å². The van der Waals surface area contributed by atoms with Crippen molar-refractivity contribution in [1.29, 1.82) is 0 Å². The molecule has 1 N–H and O–H groups in total. The van der Waals surface area contributed by atoms with E-state index in [9.17, 15) is 9.18 Å². The molecule has 0 saturated carbocycles. The molecule has 27 heavy (non-hydrogen) atoms. The van der Waals surface area contributed by atoms with E-state index in [1.807, 2.05) is 0 Å². The van der Waals surface area contributed by atoms with Gasteiger partial charge < -0.3 is 19.7 Å². The monoisotopic (exact) mass is 372 g/mol. The predicted octanol–water partition coefficient (Wildman–Crippen LogP) is 1.38. The van der Waals surface area contributed by atoms with Gasteiger partial charge in [-0.15, -0.1) is 15.3 Å². The third-order valence-electron chi connectivity index (χ3n) is 4.21. The molecule has 0 aliphatic carbocycles. The molecule has 140 valence electrons. The lowest BCUT2D eigenvalue weighted by molar-refractivity contribution is 0.187. The number of amides is 2. The van der Waals surface area contributed by atoms with Crippen molar-refractivity contribution < 1.29 is 18.7 Å². The molecule has 3 heterocycles. The summed E-state index contributed by atoms with van der Waals surface area (Å²) in [5.74, 6) is 0.993. The van der Waals surface area contributed by atoms with E-state index >= 15 is 0 Å². The van der Waals surface area contributed by atoms with Gasteiger partial charge in [0.05, 0.1) is 26.7 Å². The quantitative estimate of drug-likeness (QED) is 0.746. The number of benzene rings is 1. The first kappa shape index (κ1) is 17.0. The van der Waals surface area contributed by atoms with Crippen molar-refractivity contribution >= 4 is 11.7 Å². The number of nitrogens with zero attached hydrogens (tertiary/aromatic N) is 5. The van der Waals surface area contributed by atoms with Crippen molar-refractivity contribution in [2.24, 2.45) is 0 Å². The molecule has 0 unspecified atom stereocenters. The van der Waals surface area contributed by atoms with Gasteiger partial charge in [-0.25, -0.2) is 9.18 Å². The van der Waals surface area contributed by atoms with Crippen LogP contribution < -0.4 is 14.8 Å².